The fraction of sp³-hybridized carbons (Fsp3) is 0.875. The Kier molecular flexibility index (Phi) is 7.03. The van der Waals surface area contributed by atoms with Gasteiger partial charge in [-0.3, -0.25) is 0 Å². The standard InChI is InChI=1S/C16H32/c1-11(2)9-15(13(5)6)16(14(7)8)10-12(3)4/h11-13,15H,9-10H2,1-8H3. The fourth-order valence-electron chi connectivity index (χ4n) is 2.49. The van der Waals surface area contributed by atoms with Gasteiger partial charge in [0.2, 0.25) is 0 Å². The van der Waals surface area contributed by atoms with E-state index in [1.54, 1.807) is 11.1 Å². The summed E-state index contributed by atoms with van der Waals surface area (Å²) < 4.78 is 0. The molecule has 0 spiro atoms. The van der Waals surface area contributed by atoms with Crippen molar-refractivity contribution < 1.29 is 0 Å². The highest BCUT2D eigenvalue weighted by Gasteiger charge is 2.21. The minimum atomic E-state index is 0.769. The number of allylic oxidation sites excluding steroid dienone is 2. The lowest BCUT2D eigenvalue weighted by Crippen LogP contribution is -2.17. The van der Waals surface area contributed by atoms with E-state index in [2.05, 4.69) is 55.4 Å². The van der Waals surface area contributed by atoms with E-state index in [9.17, 15) is 0 Å². The molecule has 0 heterocycles. The molecule has 0 nitrogen and oxygen atoms in total. The van der Waals surface area contributed by atoms with Crippen molar-refractivity contribution in [3.63, 3.8) is 0 Å². The molecule has 0 aromatic carbocycles. The van der Waals surface area contributed by atoms with E-state index in [0.717, 1.165) is 23.7 Å². The zero-order valence-corrected chi connectivity index (χ0v) is 12.7. The molecular formula is C16H32. The SMILES string of the molecule is CC(C)=C(CC(C)C)C(CC(C)C)C(C)C. The smallest absolute Gasteiger partial charge is 0.0175 e. The van der Waals surface area contributed by atoms with Crippen LogP contribution in [0.3, 0.4) is 0 Å². The van der Waals surface area contributed by atoms with E-state index >= 15 is 0 Å². The van der Waals surface area contributed by atoms with Gasteiger partial charge >= 0.3 is 0 Å². The second kappa shape index (κ2) is 7.14. The number of hydrogen-bond donors (Lipinski definition) is 0. The minimum absolute atomic E-state index is 0.769. The fourth-order valence-corrected chi connectivity index (χ4v) is 2.49. The van der Waals surface area contributed by atoms with E-state index in [1.807, 2.05) is 0 Å². The van der Waals surface area contributed by atoms with E-state index in [1.165, 1.54) is 12.8 Å². The Morgan fingerprint density at radius 1 is 0.812 bits per heavy atom. The maximum absolute atomic E-state index is 2.37. The van der Waals surface area contributed by atoms with E-state index in [4.69, 9.17) is 0 Å². The third-order valence-electron chi connectivity index (χ3n) is 3.25. The summed E-state index contributed by atoms with van der Waals surface area (Å²) in [7, 11) is 0. The van der Waals surface area contributed by atoms with Crippen LogP contribution in [-0.4, -0.2) is 0 Å². The first-order chi connectivity index (χ1) is 7.25. The van der Waals surface area contributed by atoms with Gasteiger partial charge in [-0.2, -0.15) is 0 Å². The Labute approximate surface area is 104 Å². The molecule has 96 valence electrons. The summed E-state index contributed by atoms with van der Waals surface area (Å²) in [6, 6.07) is 0. The lowest BCUT2D eigenvalue weighted by atomic mass is 9.77. The third-order valence-corrected chi connectivity index (χ3v) is 3.25. The molecular weight excluding hydrogens is 192 g/mol. The molecule has 0 heteroatoms. The van der Waals surface area contributed by atoms with Gasteiger partial charge in [-0.1, -0.05) is 52.7 Å². The molecule has 1 atom stereocenters. The van der Waals surface area contributed by atoms with Gasteiger partial charge in [0.1, 0.15) is 0 Å². The summed E-state index contributed by atoms with van der Waals surface area (Å²) in [6.07, 6.45) is 2.61. The molecule has 0 aliphatic heterocycles. The van der Waals surface area contributed by atoms with Gasteiger partial charge < -0.3 is 0 Å². The molecule has 1 unspecified atom stereocenters. The Balaban J connectivity index is 4.90. The average molecular weight is 224 g/mol. The predicted octanol–water partition coefficient (Wildman–Crippen LogP) is 5.69. The first-order valence-corrected chi connectivity index (χ1v) is 6.91. The normalized spacial score (nSPS) is 13.7. The Morgan fingerprint density at radius 3 is 1.56 bits per heavy atom. The van der Waals surface area contributed by atoms with Crippen LogP contribution in [0.4, 0.5) is 0 Å². The minimum Gasteiger partial charge on any atom is -0.0769 e. The van der Waals surface area contributed by atoms with E-state index in [-0.39, 0.29) is 0 Å². The lowest BCUT2D eigenvalue weighted by molar-refractivity contribution is 0.345. The van der Waals surface area contributed by atoms with Crippen LogP contribution in [0.5, 0.6) is 0 Å². The first-order valence-electron chi connectivity index (χ1n) is 6.91. The Bertz CT molecular complexity index is 214. The van der Waals surface area contributed by atoms with Crippen molar-refractivity contribution in [2.75, 3.05) is 0 Å². The van der Waals surface area contributed by atoms with Crippen molar-refractivity contribution in [3.8, 4) is 0 Å². The van der Waals surface area contributed by atoms with Crippen LogP contribution in [0.2, 0.25) is 0 Å². The first kappa shape index (κ1) is 15.7. The molecule has 0 amide bonds. The maximum atomic E-state index is 2.37. The van der Waals surface area contributed by atoms with Crippen molar-refractivity contribution in [2.24, 2.45) is 23.7 Å². The van der Waals surface area contributed by atoms with Gasteiger partial charge in [-0.15, -0.1) is 0 Å². The van der Waals surface area contributed by atoms with Crippen molar-refractivity contribution in [1.29, 1.82) is 0 Å². The van der Waals surface area contributed by atoms with Crippen LogP contribution < -0.4 is 0 Å². The molecule has 0 rings (SSSR count). The van der Waals surface area contributed by atoms with E-state index < -0.39 is 0 Å². The molecule has 0 N–H and O–H groups in total. The quantitative estimate of drug-likeness (QED) is 0.509. The summed E-state index contributed by atoms with van der Waals surface area (Å²) in [4.78, 5) is 0. The van der Waals surface area contributed by atoms with Crippen LogP contribution in [0.25, 0.3) is 0 Å². The average Bonchev–Trinajstić information content (AvgIpc) is 2.09. The number of rotatable bonds is 6. The highest BCUT2D eigenvalue weighted by Crippen LogP contribution is 2.33. The van der Waals surface area contributed by atoms with Crippen LogP contribution in [-0.2, 0) is 0 Å². The van der Waals surface area contributed by atoms with Crippen molar-refractivity contribution in [2.45, 2.75) is 68.2 Å². The lowest BCUT2D eigenvalue weighted by Gasteiger charge is -2.28. The molecule has 0 fully saturated rings. The topological polar surface area (TPSA) is 0 Å². The highest BCUT2D eigenvalue weighted by molar-refractivity contribution is 5.15. The largest absolute Gasteiger partial charge is 0.0769 e. The van der Waals surface area contributed by atoms with Crippen molar-refractivity contribution in [1.82, 2.24) is 0 Å². The van der Waals surface area contributed by atoms with E-state index in [0.29, 0.717) is 0 Å². The van der Waals surface area contributed by atoms with Gasteiger partial charge in [0, 0.05) is 0 Å². The molecule has 0 aliphatic carbocycles. The number of hydrogen-bond acceptors (Lipinski definition) is 0. The van der Waals surface area contributed by atoms with Gasteiger partial charge in [0.15, 0.2) is 0 Å². The van der Waals surface area contributed by atoms with Crippen LogP contribution in [0, 0.1) is 23.7 Å². The summed E-state index contributed by atoms with van der Waals surface area (Å²) in [5.41, 5.74) is 3.27. The Hall–Kier alpha value is -0.260. The van der Waals surface area contributed by atoms with Crippen LogP contribution >= 0.6 is 0 Å². The molecule has 0 saturated heterocycles. The summed E-state index contributed by atoms with van der Waals surface area (Å²) in [6.45, 7) is 18.7. The molecule has 0 aliphatic rings. The molecule has 0 aromatic heterocycles. The van der Waals surface area contributed by atoms with Crippen molar-refractivity contribution >= 4 is 0 Å². The zero-order chi connectivity index (χ0) is 12.9. The summed E-state index contributed by atoms with van der Waals surface area (Å²) in [5, 5.41) is 0. The molecule has 0 aromatic rings. The Morgan fingerprint density at radius 2 is 1.31 bits per heavy atom. The molecule has 0 radical (unpaired) electrons. The van der Waals surface area contributed by atoms with Crippen LogP contribution in [0.15, 0.2) is 11.1 Å². The monoisotopic (exact) mass is 224 g/mol. The third kappa shape index (κ3) is 5.72. The maximum Gasteiger partial charge on any atom is -0.0175 e. The van der Waals surface area contributed by atoms with Gasteiger partial charge in [-0.05, 0) is 50.4 Å². The van der Waals surface area contributed by atoms with Gasteiger partial charge in [-0.25, -0.2) is 0 Å². The predicted molar refractivity (Wildman–Crippen MR) is 75.6 cm³/mol. The molecule has 0 bridgehead atoms. The zero-order valence-electron chi connectivity index (χ0n) is 12.7. The second-order valence-corrected chi connectivity index (χ2v) is 6.60. The van der Waals surface area contributed by atoms with Crippen molar-refractivity contribution in [3.05, 3.63) is 11.1 Å². The van der Waals surface area contributed by atoms with Gasteiger partial charge in [0.25, 0.3) is 0 Å². The second-order valence-electron chi connectivity index (χ2n) is 6.60. The highest BCUT2D eigenvalue weighted by atomic mass is 14.3. The van der Waals surface area contributed by atoms with Gasteiger partial charge in [0.05, 0.1) is 0 Å². The molecule has 0 saturated carbocycles. The summed E-state index contributed by atoms with van der Waals surface area (Å²) >= 11 is 0. The molecule has 16 heavy (non-hydrogen) atoms. The summed E-state index contributed by atoms with van der Waals surface area (Å²) in [5.74, 6) is 3.13. The van der Waals surface area contributed by atoms with Crippen LogP contribution in [0.1, 0.15) is 68.2 Å².